The molecule has 1 heterocycles. The number of hydrogen-bond donors (Lipinski definition) is 1. The summed E-state index contributed by atoms with van der Waals surface area (Å²) in [6.07, 6.45) is 1.51. The Kier molecular flexibility index (Phi) is 7.60. The Balaban J connectivity index is 2.73. The van der Waals surface area contributed by atoms with Gasteiger partial charge in [-0.25, -0.2) is 9.78 Å². The lowest BCUT2D eigenvalue weighted by molar-refractivity contribution is 0.0697. The Morgan fingerprint density at radius 2 is 1.85 bits per heavy atom. The summed E-state index contributed by atoms with van der Waals surface area (Å²) in [5.74, 6) is -0.326. The fraction of sp³-hybridized carbons (Fsp3) is 0.571. The monoisotopic (exact) mass is 282 g/mol. The molecule has 1 rings (SSSR count). The first-order chi connectivity index (χ1) is 9.69. The number of hydrogen-bond acceptors (Lipinski definition) is 5. The van der Waals surface area contributed by atoms with Crippen molar-refractivity contribution >= 4 is 11.8 Å². The molecule has 0 aliphatic rings. The number of anilines is 1. The van der Waals surface area contributed by atoms with Crippen molar-refractivity contribution in [3.63, 3.8) is 0 Å². The first-order valence-electron chi connectivity index (χ1n) is 6.78. The van der Waals surface area contributed by atoms with E-state index < -0.39 is 5.97 Å². The van der Waals surface area contributed by atoms with Gasteiger partial charge in [0.25, 0.3) is 0 Å². The van der Waals surface area contributed by atoms with Crippen LogP contribution in [0.25, 0.3) is 0 Å². The van der Waals surface area contributed by atoms with Gasteiger partial charge in [0.05, 0.1) is 18.8 Å². The van der Waals surface area contributed by atoms with Crippen LogP contribution >= 0.6 is 0 Å². The van der Waals surface area contributed by atoms with E-state index in [0.29, 0.717) is 45.3 Å². The molecule has 1 aromatic rings. The predicted molar refractivity (Wildman–Crippen MR) is 76.4 cm³/mol. The van der Waals surface area contributed by atoms with Gasteiger partial charge in [0, 0.05) is 32.5 Å². The van der Waals surface area contributed by atoms with Crippen LogP contribution in [0, 0.1) is 0 Å². The van der Waals surface area contributed by atoms with E-state index in [-0.39, 0.29) is 5.56 Å². The Labute approximate surface area is 119 Å². The predicted octanol–water partition coefficient (Wildman–Crippen LogP) is 1.66. The molecule has 0 bridgehead atoms. The summed E-state index contributed by atoms with van der Waals surface area (Å²) >= 11 is 0. The van der Waals surface area contributed by atoms with Gasteiger partial charge >= 0.3 is 5.97 Å². The highest BCUT2D eigenvalue weighted by atomic mass is 16.5. The summed E-state index contributed by atoms with van der Waals surface area (Å²) < 4.78 is 10.7. The molecule has 0 aliphatic carbocycles. The highest BCUT2D eigenvalue weighted by Gasteiger charge is 2.11. The van der Waals surface area contributed by atoms with Gasteiger partial charge in [-0.15, -0.1) is 0 Å². The van der Waals surface area contributed by atoms with Crippen LogP contribution in [0.4, 0.5) is 5.82 Å². The topological polar surface area (TPSA) is 71.9 Å². The lowest BCUT2D eigenvalue weighted by Crippen LogP contribution is -2.32. The number of carbonyl (C=O) groups is 1. The minimum Gasteiger partial charge on any atom is -0.478 e. The van der Waals surface area contributed by atoms with Gasteiger partial charge < -0.3 is 19.5 Å². The highest BCUT2D eigenvalue weighted by molar-refractivity contribution is 5.88. The van der Waals surface area contributed by atoms with Gasteiger partial charge in [-0.1, -0.05) is 0 Å². The molecule has 0 spiro atoms. The molecule has 0 amide bonds. The second-order valence-electron chi connectivity index (χ2n) is 4.09. The molecule has 6 nitrogen and oxygen atoms in total. The summed E-state index contributed by atoms with van der Waals surface area (Å²) in [5, 5.41) is 9.02. The molecule has 0 radical (unpaired) electrons. The van der Waals surface area contributed by atoms with Crippen molar-refractivity contribution in [3.05, 3.63) is 23.9 Å². The fourth-order valence-corrected chi connectivity index (χ4v) is 1.70. The van der Waals surface area contributed by atoms with Crippen molar-refractivity contribution in [1.82, 2.24) is 4.98 Å². The quantitative estimate of drug-likeness (QED) is 0.658. The first kappa shape index (κ1) is 16.4. The van der Waals surface area contributed by atoms with E-state index in [9.17, 15) is 4.79 Å². The minimum absolute atomic E-state index is 0.229. The number of rotatable bonds is 10. The number of nitrogens with zero attached hydrogens (tertiary/aromatic N) is 2. The van der Waals surface area contributed by atoms with Crippen molar-refractivity contribution in [2.24, 2.45) is 0 Å². The summed E-state index contributed by atoms with van der Waals surface area (Å²) in [4.78, 5) is 17.2. The molecule has 0 fully saturated rings. The number of aromatic carboxylic acids is 1. The van der Waals surface area contributed by atoms with E-state index >= 15 is 0 Å². The van der Waals surface area contributed by atoms with Crippen LogP contribution in [0.1, 0.15) is 24.2 Å². The van der Waals surface area contributed by atoms with Gasteiger partial charge in [-0.2, -0.15) is 0 Å². The molecule has 1 N–H and O–H groups in total. The average Bonchev–Trinajstić information content (AvgIpc) is 2.46. The van der Waals surface area contributed by atoms with Crippen molar-refractivity contribution in [2.45, 2.75) is 13.8 Å². The normalized spacial score (nSPS) is 10.5. The summed E-state index contributed by atoms with van der Waals surface area (Å²) in [5.41, 5.74) is 0.229. The number of carboxylic acid groups (broad SMARTS) is 1. The summed E-state index contributed by atoms with van der Waals surface area (Å²) in [7, 11) is 0. The Morgan fingerprint density at radius 3 is 2.35 bits per heavy atom. The second kappa shape index (κ2) is 9.28. The van der Waals surface area contributed by atoms with Crippen LogP contribution in [-0.4, -0.2) is 55.6 Å². The number of ether oxygens (including phenoxy) is 2. The third kappa shape index (κ3) is 5.54. The standard InChI is InChI=1S/C14H22N2O4/c1-3-19-9-7-16(8-10-20-4-2)13-11-12(14(17)18)5-6-15-13/h5-6,11H,3-4,7-10H2,1-2H3,(H,17,18). The molecular weight excluding hydrogens is 260 g/mol. The maximum absolute atomic E-state index is 11.0. The van der Waals surface area contributed by atoms with Gasteiger partial charge in [-0.3, -0.25) is 0 Å². The van der Waals surface area contributed by atoms with Crippen LogP contribution < -0.4 is 4.90 Å². The second-order valence-corrected chi connectivity index (χ2v) is 4.09. The number of aromatic nitrogens is 1. The largest absolute Gasteiger partial charge is 0.478 e. The van der Waals surface area contributed by atoms with Crippen LogP contribution in [-0.2, 0) is 9.47 Å². The van der Waals surface area contributed by atoms with E-state index in [1.807, 2.05) is 18.7 Å². The van der Waals surface area contributed by atoms with Crippen LogP contribution in [0.15, 0.2) is 18.3 Å². The average molecular weight is 282 g/mol. The maximum atomic E-state index is 11.0. The van der Waals surface area contributed by atoms with Gasteiger partial charge in [-0.05, 0) is 26.0 Å². The van der Waals surface area contributed by atoms with Gasteiger partial charge in [0.2, 0.25) is 0 Å². The molecule has 112 valence electrons. The van der Waals surface area contributed by atoms with Crippen LogP contribution in [0.2, 0.25) is 0 Å². The maximum Gasteiger partial charge on any atom is 0.335 e. The Morgan fingerprint density at radius 1 is 1.25 bits per heavy atom. The lowest BCUT2D eigenvalue weighted by atomic mass is 10.2. The van der Waals surface area contributed by atoms with Crippen molar-refractivity contribution in [2.75, 3.05) is 44.4 Å². The van der Waals surface area contributed by atoms with Gasteiger partial charge in [0.1, 0.15) is 5.82 Å². The zero-order valence-electron chi connectivity index (χ0n) is 12.0. The Bertz CT molecular complexity index is 402. The molecule has 0 saturated heterocycles. The zero-order valence-corrected chi connectivity index (χ0v) is 12.0. The molecule has 0 aliphatic heterocycles. The third-order valence-corrected chi connectivity index (χ3v) is 2.74. The number of pyridine rings is 1. The summed E-state index contributed by atoms with van der Waals surface area (Å²) in [6.45, 7) is 7.63. The van der Waals surface area contributed by atoms with Crippen molar-refractivity contribution in [3.8, 4) is 0 Å². The first-order valence-corrected chi connectivity index (χ1v) is 6.78. The minimum atomic E-state index is -0.955. The molecular formula is C14H22N2O4. The van der Waals surface area contributed by atoms with E-state index in [1.54, 1.807) is 6.07 Å². The SMILES string of the molecule is CCOCCN(CCOCC)c1cc(C(=O)O)ccn1. The van der Waals surface area contributed by atoms with E-state index in [4.69, 9.17) is 14.6 Å². The van der Waals surface area contributed by atoms with Crippen LogP contribution in [0.3, 0.4) is 0 Å². The molecule has 0 unspecified atom stereocenters. The summed E-state index contributed by atoms with van der Waals surface area (Å²) in [6, 6.07) is 3.05. The molecule has 0 aromatic carbocycles. The third-order valence-electron chi connectivity index (χ3n) is 2.74. The van der Waals surface area contributed by atoms with E-state index in [1.165, 1.54) is 12.3 Å². The molecule has 0 atom stereocenters. The van der Waals surface area contributed by atoms with E-state index in [2.05, 4.69) is 4.98 Å². The van der Waals surface area contributed by atoms with Crippen LogP contribution in [0.5, 0.6) is 0 Å². The molecule has 20 heavy (non-hydrogen) atoms. The molecule has 6 heteroatoms. The number of carboxylic acids is 1. The van der Waals surface area contributed by atoms with E-state index in [0.717, 1.165) is 0 Å². The van der Waals surface area contributed by atoms with Gasteiger partial charge in [0.15, 0.2) is 0 Å². The Hall–Kier alpha value is -1.66. The fourth-order valence-electron chi connectivity index (χ4n) is 1.70. The highest BCUT2D eigenvalue weighted by Crippen LogP contribution is 2.12. The lowest BCUT2D eigenvalue weighted by Gasteiger charge is -2.23. The van der Waals surface area contributed by atoms with Crippen molar-refractivity contribution in [1.29, 1.82) is 0 Å². The molecule has 0 saturated carbocycles. The zero-order chi connectivity index (χ0) is 14.8. The van der Waals surface area contributed by atoms with Crippen molar-refractivity contribution < 1.29 is 19.4 Å². The smallest absolute Gasteiger partial charge is 0.335 e. The molecule has 1 aromatic heterocycles.